The van der Waals surface area contributed by atoms with Crippen LogP contribution in [0.1, 0.15) is 31.4 Å². The van der Waals surface area contributed by atoms with E-state index in [1.54, 1.807) is 29.2 Å². The van der Waals surface area contributed by atoms with Gasteiger partial charge >= 0.3 is 0 Å². The van der Waals surface area contributed by atoms with E-state index in [1.807, 2.05) is 6.92 Å². The van der Waals surface area contributed by atoms with Crippen LogP contribution in [0, 0.1) is 5.82 Å². The molecule has 0 saturated carbocycles. The van der Waals surface area contributed by atoms with Crippen LogP contribution in [0.2, 0.25) is 5.02 Å². The topological polar surface area (TPSA) is 80.2 Å². The summed E-state index contributed by atoms with van der Waals surface area (Å²) in [7, 11) is 0. The summed E-state index contributed by atoms with van der Waals surface area (Å²) in [5.41, 5.74) is 1.60. The standard InChI is InChI=1S/C23H23ClFN5O2/c1-3-17(15-6-5-7-16(24)21(15)25)28-23-22-18(26-13-27-23)8-9-19(29-22)32-14-10-11-30(12-14)20(31)4-2/h4-9,13-14,17H,2-3,10-12H2,1H3,(H,26,27,28)/t14-,17?/m0/s1. The highest BCUT2D eigenvalue weighted by molar-refractivity contribution is 6.30. The first-order chi connectivity index (χ1) is 15.5. The van der Waals surface area contributed by atoms with E-state index >= 15 is 0 Å². The summed E-state index contributed by atoms with van der Waals surface area (Å²) in [5, 5.41) is 3.35. The van der Waals surface area contributed by atoms with Crippen LogP contribution in [0.5, 0.6) is 5.88 Å². The Labute approximate surface area is 190 Å². The first-order valence-corrected chi connectivity index (χ1v) is 10.8. The van der Waals surface area contributed by atoms with Gasteiger partial charge in [-0.15, -0.1) is 0 Å². The number of halogens is 2. The summed E-state index contributed by atoms with van der Waals surface area (Å²) in [4.78, 5) is 26.7. The van der Waals surface area contributed by atoms with Crippen LogP contribution < -0.4 is 10.1 Å². The molecule has 9 heteroatoms. The van der Waals surface area contributed by atoms with Crippen LogP contribution in [-0.2, 0) is 4.79 Å². The highest BCUT2D eigenvalue weighted by Gasteiger charge is 2.27. The summed E-state index contributed by atoms with van der Waals surface area (Å²) in [6, 6.07) is 8.12. The van der Waals surface area contributed by atoms with Crippen molar-refractivity contribution in [3.05, 3.63) is 65.7 Å². The third kappa shape index (κ3) is 4.50. The molecular formula is C23H23ClFN5O2. The second-order valence-electron chi connectivity index (χ2n) is 7.50. The number of carbonyl (C=O) groups is 1. The quantitative estimate of drug-likeness (QED) is 0.526. The van der Waals surface area contributed by atoms with Crippen molar-refractivity contribution in [3.8, 4) is 5.88 Å². The van der Waals surface area contributed by atoms with Crippen molar-refractivity contribution in [1.82, 2.24) is 19.9 Å². The highest BCUT2D eigenvalue weighted by Crippen LogP contribution is 2.30. The van der Waals surface area contributed by atoms with E-state index < -0.39 is 5.82 Å². The molecule has 0 aliphatic carbocycles. The maximum atomic E-state index is 14.6. The largest absolute Gasteiger partial charge is 0.472 e. The van der Waals surface area contributed by atoms with Gasteiger partial charge in [-0.1, -0.05) is 37.2 Å². The molecule has 2 atom stereocenters. The van der Waals surface area contributed by atoms with E-state index in [4.69, 9.17) is 16.3 Å². The zero-order chi connectivity index (χ0) is 22.7. The molecule has 166 valence electrons. The molecular weight excluding hydrogens is 433 g/mol. The molecule has 1 unspecified atom stereocenters. The van der Waals surface area contributed by atoms with Gasteiger partial charge in [-0.25, -0.2) is 19.3 Å². The fourth-order valence-electron chi connectivity index (χ4n) is 3.77. The van der Waals surface area contributed by atoms with Crippen LogP contribution in [0.3, 0.4) is 0 Å². The lowest BCUT2D eigenvalue weighted by molar-refractivity contribution is -0.125. The van der Waals surface area contributed by atoms with Crippen LogP contribution >= 0.6 is 11.6 Å². The Bertz CT molecular complexity index is 1160. The smallest absolute Gasteiger partial charge is 0.246 e. The number of fused-ring (bicyclic) bond motifs is 1. The number of carbonyl (C=O) groups excluding carboxylic acids is 1. The molecule has 1 aliphatic heterocycles. The Balaban J connectivity index is 1.58. The minimum absolute atomic E-state index is 0.0738. The number of rotatable bonds is 7. The van der Waals surface area contributed by atoms with Crippen LogP contribution in [0.15, 0.2) is 49.3 Å². The van der Waals surface area contributed by atoms with E-state index in [2.05, 4.69) is 26.8 Å². The van der Waals surface area contributed by atoms with Gasteiger partial charge in [0.2, 0.25) is 11.8 Å². The van der Waals surface area contributed by atoms with Gasteiger partial charge in [0.1, 0.15) is 23.8 Å². The minimum Gasteiger partial charge on any atom is -0.472 e. The van der Waals surface area contributed by atoms with Gasteiger partial charge in [-0.05, 0) is 24.6 Å². The number of hydrogen-bond acceptors (Lipinski definition) is 6. The van der Waals surface area contributed by atoms with Crippen LogP contribution in [0.25, 0.3) is 11.0 Å². The van der Waals surface area contributed by atoms with Crippen molar-refractivity contribution in [3.63, 3.8) is 0 Å². The molecule has 1 aromatic carbocycles. The Morgan fingerprint density at radius 2 is 2.25 bits per heavy atom. The second kappa shape index (κ2) is 9.48. The third-order valence-corrected chi connectivity index (χ3v) is 5.74. The zero-order valence-corrected chi connectivity index (χ0v) is 18.3. The Morgan fingerprint density at radius 1 is 1.41 bits per heavy atom. The molecule has 1 saturated heterocycles. The normalized spacial score (nSPS) is 16.7. The summed E-state index contributed by atoms with van der Waals surface area (Å²) in [6.07, 6.45) is 3.90. The number of anilines is 1. The number of nitrogens with zero attached hydrogens (tertiary/aromatic N) is 4. The molecule has 0 bridgehead atoms. The zero-order valence-electron chi connectivity index (χ0n) is 17.6. The molecule has 3 aromatic rings. The molecule has 2 aromatic heterocycles. The van der Waals surface area contributed by atoms with E-state index in [1.165, 1.54) is 18.5 Å². The summed E-state index contributed by atoms with van der Waals surface area (Å²) in [5.74, 6) is 0.321. The Morgan fingerprint density at radius 3 is 3.03 bits per heavy atom. The fourth-order valence-corrected chi connectivity index (χ4v) is 3.95. The molecule has 3 heterocycles. The van der Waals surface area contributed by atoms with Gasteiger partial charge in [0.15, 0.2) is 5.82 Å². The fraction of sp³-hybridized carbons (Fsp3) is 0.304. The first-order valence-electron chi connectivity index (χ1n) is 10.4. The summed E-state index contributed by atoms with van der Waals surface area (Å²) in [6.45, 7) is 6.56. The Kier molecular flexibility index (Phi) is 6.50. The van der Waals surface area contributed by atoms with Crippen molar-refractivity contribution in [1.29, 1.82) is 0 Å². The predicted molar refractivity (Wildman–Crippen MR) is 121 cm³/mol. The monoisotopic (exact) mass is 455 g/mol. The van der Waals surface area contributed by atoms with E-state index in [0.717, 1.165) is 0 Å². The van der Waals surface area contributed by atoms with Crippen LogP contribution in [-0.4, -0.2) is 45.0 Å². The van der Waals surface area contributed by atoms with Gasteiger partial charge in [0.25, 0.3) is 0 Å². The van der Waals surface area contributed by atoms with Crippen molar-refractivity contribution in [2.24, 2.45) is 0 Å². The number of ether oxygens (including phenoxy) is 1. The number of aromatic nitrogens is 3. The number of likely N-dealkylation sites (tertiary alicyclic amines) is 1. The SMILES string of the molecule is C=CC(=O)N1CC[C@H](Oc2ccc3ncnc(NC(CC)c4cccc(Cl)c4F)c3n2)C1. The summed E-state index contributed by atoms with van der Waals surface area (Å²) < 4.78 is 20.6. The van der Waals surface area contributed by atoms with E-state index in [-0.39, 0.29) is 23.1 Å². The average molecular weight is 456 g/mol. The first kappa shape index (κ1) is 22.0. The lowest BCUT2D eigenvalue weighted by Crippen LogP contribution is -2.29. The highest BCUT2D eigenvalue weighted by atomic mass is 35.5. The third-order valence-electron chi connectivity index (χ3n) is 5.45. The Hall–Kier alpha value is -3.26. The molecule has 1 aliphatic rings. The number of hydrogen-bond donors (Lipinski definition) is 1. The number of nitrogens with one attached hydrogen (secondary N) is 1. The van der Waals surface area contributed by atoms with E-state index in [9.17, 15) is 9.18 Å². The van der Waals surface area contributed by atoms with Gasteiger partial charge in [-0.2, -0.15) is 0 Å². The second-order valence-corrected chi connectivity index (χ2v) is 7.91. The molecule has 4 rings (SSSR count). The van der Waals surface area contributed by atoms with Crippen molar-refractivity contribution in [2.75, 3.05) is 18.4 Å². The van der Waals surface area contributed by atoms with Crippen molar-refractivity contribution in [2.45, 2.75) is 31.9 Å². The number of amides is 1. The predicted octanol–water partition coefficient (Wildman–Crippen LogP) is 4.55. The van der Waals surface area contributed by atoms with E-state index in [0.29, 0.717) is 54.2 Å². The molecule has 7 nitrogen and oxygen atoms in total. The minimum atomic E-state index is -0.455. The van der Waals surface area contributed by atoms with Gasteiger partial charge < -0.3 is 15.0 Å². The lowest BCUT2D eigenvalue weighted by atomic mass is 10.0. The van der Waals surface area contributed by atoms with Crippen LogP contribution in [0.4, 0.5) is 10.2 Å². The molecule has 1 fully saturated rings. The summed E-state index contributed by atoms with van der Waals surface area (Å²) >= 11 is 5.97. The maximum Gasteiger partial charge on any atom is 0.246 e. The molecule has 0 spiro atoms. The molecule has 1 N–H and O–H groups in total. The number of pyridine rings is 1. The van der Waals surface area contributed by atoms with Gasteiger partial charge in [0, 0.05) is 24.6 Å². The van der Waals surface area contributed by atoms with Gasteiger partial charge in [0.05, 0.1) is 23.1 Å². The average Bonchev–Trinajstić information content (AvgIpc) is 3.27. The maximum absolute atomic E-state index is 14.6. The molecule has 32 heavy (non-hydrogen) atoms. The molecule has 1 amide bonds. The lowest BCUT2D eigenvalue weighted by Gasteiger charge is -2.20. The van der Waals surface area contributed by atoms with Gasteiger partial charge in [-0.3, -0.25) is 4.79 Å². The van der Waals surface area contributed by atoms with Crippen molar-refractivity contribution >= 4 is 34.4 Å². The van der Waals surface area contributed by atoms with Crippen molar-refractivity contribution < 1.29 is 13.9 Å². The molecule has 0 radical (unpaired) electrons. The number of benzene rings is 1.